The Bertz CT molecular complexity index is 781. The van der Waals surface area contributed by atoms with E-state index in [-0.39, 0.29) is 12.8 Å². The molecule has 0 aliphatic carbocycles. The van der Waals surface area contributed by atoms with Crippen LogP contribution in [-0.4, -0.2) is 29.9 Å². The van der Waals surface area contributed by atoms with Crippen LogP contribution in [0.15, 0.2) is 54.3 Å². The predicted octanol–water partition coefficient (Wildman–Crippen LogP) is 2.93. The molecule has 3 rings (SSSR count). The van der Waals surface area contributed by atoms with Crippen LogP contribution in [-0.2, 0) is 15.9 Å². The molecular formula is C17H14BFNO4. The smallest absolute Gasteiger partial charge is 0.526 e. The van der Waals surface area contributed by atoms with Crippen molar-refractivity contribution in [2.75, 3.05) is 0 Å². The van der Waals surface area contributed by atoms with Gasteiger partial charge in [-0.05, 0) is 24.3 Å². The number of nitrogens with zero attached hydrogens (tertiary/aromatic N) is 1. The predicted molar refractivity (Wildman–Crippen MR) is 86.1 cm³/mol. The van der Waals surface area contributed by atoms with Gasteiger partial charge in [-0.15, -0.1) is 0 Å². The lowest BCUT2D eigenvalue weighted by atomic mass is 10.1. The molecule has 2 heterocycles. The van der Waals surface area contributed by atoms with Crippen LogP contribution in [0.5, 0.6) is 5.75 Å². The van der Waals surface area contributed by atoms with Crippen LogP contribution in [0, 0.1) is 0 Å². The van der Waals surface area contributed by atoms with Gasteiger partial charge in [-0.2, -0.15) is 0 Å². The fourth-order valence-corrected chi connectivity index (χ4v) is 2.36. The lowest BCUT2D eigenvalue weighted by Crippen LogP contribution is -2.13. The summed E-state index contributed by atoms with van der Waals surface area (Å²) in [6, 6.07) is 12.4. The minimum Gasteiger partial charge on any atom is -0.526 e. The van der Waals surface area contributed by atoms with Gasteiger partial charge in [0.1, 0.15) is 17.7 Å². The third kappa shape index (κ3) is 4.13. The second-order valence-electron chi connectivity index (χ2n) is 5.33. The van der Waals surface area contributed by atoms with Crippen LogP contribution in [0.25, 0.3) is 11.3 Å². The number of fused-ring (bicyclic) bond motifs is 5. The van der Waals surface area contributed by atoms with Gasteiger partial charge in [0.2, 0.25) is 0 Å². The molecule has 5 nitrogen and oxygen atoms in total. The number of benzene rings is 1. The van der Waals surface area contributed by atoms with Crippen molar-refractivity contribution in [2.45, 2.75) is 19.0 Å². The Kier molecular flexibility index (Phi) is 4.79. The second-order valence-corrected chi connectivity index (χ2v) is 5.33. The Balaban J connectivity index is 1.95. The molecular weight excluding hydrogens is 312 g/mol. The van der Waals surface area contributed by atoms with Crippen molar-refractivity contribution in [3.05, 3.63) is 60.0 Å². The second kappa shape index (κ2) is 7.17. The molecule has 1 N–H and O–H groups in total. The first-order valence-electron chi connectivity index (χ1n) is 7.39. The van der Waals surface area contributed by atoms with Gasteiger partial charge in [0.05, 0.1) is 11.8 Å². The first-order valence-corrected chi connectivity index (χ1v) is 7.39. The maximum absolute atomic E-state index is 14.1. The van der Waals surface area contributed by atoms with E-state index in [2.05, 4.69) is 4.98 Å². The number of aliphatic hydroxyl groups is 1. The van der Waals surface area contributed by atoms with E-state index in [0.717, 1.165) is 19.3 Å². The number of allylic oxidation sites excluding steroid dienone is 1. The number of pyridine rings is 1. The standard InChI is InChI=1S/C17H14BFNO4/c19-12-8-13-4-2-6-16(20-13)11-3-1-5-15(7-11)23-18-24-17(22)10-14(21)9-12/h1-7,10,12,21H,8-9H2. The molecule has 4 bridgehead atoms. The van der Waals surface area contributed by atoms with Crippen molar-refractivity contribution >= 4 is 13.7 Å². The van der Waals surface area contributed by atoms with Crippen LogP contribution in [0.1, 0.15) is 12.1 Å². The van der Waals surface area contributed by atoms with Crippen molar-refractivity contribution < 1.29 is 23.6 Å². The highest BCUT2D eigenvalue weighted by Gasteiger charge is 2.15. The molecule has 1 aliphatic rings. The van der Waals surface area contributed by atoms with Gasteiger partial charge in [0.25, 0.3) is 0 Å². The molecule has 0 saturated heterocycles. The third-order valence-corrected chi connectivity index (χ3v) is 3.43. The van der Waals surface area contributed by atoms with Crippen LogP contribution >= 0.6 is 0 Å². The molecule has 24 heavy (non-hydrogen) atoms. The molecule has 0 amide bonds. The Hall–Kier alpha value is -2.83. The largest absolute Gasteiger partial charge is 0.660 e. The van der Waals surface area contributed by atoms with Gasteiger partial charge in [0.15, 0.2) is 0 Å². The summed E-state index contributed by atoms with van der Waals surface area (Å²) in [4.78, 5) is 16.0. The lowest BCUT2D eigenvalue weighted by molar-refractivity contribution is -0.129. The van der Waals surface area contributed by atoms with Crippen molar-refractivity contribution in [1.29, 1.82) is 0 Å². The highest BCUT2D eigenvalue weighted by Crippen LogP contribution is 2.23. The number of hydrogen-bond acceptors (Lipinski definition) is 5. The lowest BCUT2D eigenvalue weighted by Gasteiger charge is -2.09. The Morgan fingerprint density at radius 1 is 1.17 bits per heavy atom. The maximum atomic E-state index is 14.1. The molecule has 1 aliphatic heterocycles. The molecule has 1 radical (unpaired) electrons. The average Bonchev–Trinajstić information content (AvgIpc) is 2.54. The van der Waals surface area contributed by atoms with Gasteiger partial charge < -0.3 is 14.4 Å². The SMILES string of the molecule is O=C1C=C(O)CC(F)Cc2cccc(n2)-c2cccc(c2)O[B]O1. The van der Waals surface area contributed by atoms with E-state index in [1.165, 1.54) is 0 Å². The van der Waals surface area contributed by atoms with Gasteiger partial charge >= 0.3 is 13.7 Å². The number of carbonyl (C=O) groups is 1. The van der Waals surface area contributed by atoms with E-state index in [0.29, 0.717) is 17.1 Å². The summed E-state index contributed by atoms with van der Waals surface area (Å²) in [5.74, 6) is -0.782. The summed E-state index contributed by atoms with van der Waals surface area (Å²) in [5.41, 5.74) is 2.03. The molecule has 1 unspecified atom stereocenters. The van der Waals surface area contributed by atoms with Gasteiger partial charge in [0, 0.05) is 24.1 Å². The van der Waals surface area contributed by atoms with Gasteiger partial charge in [-0.25, -0.2) is 9.18 Å². The van der Waals surface area contributed by atoms with Crippen LogP contribution in [0.2, 0.25) is 0 Å². The number of alkyl halides is 1. The monoisotopic (exact) mass is 326 g/mol. The molecule has 1 atom stereocenters. The molecule has 2 aromatic rings. The summed E-state index contributed by atoms with van der Waals surface area (Å²) >= 11 is 0. The third-order valence-electron chi connectivity index (χ3n) is 3.43. The minimum atomic E-state index is -1.37. The summed E-state index contributed by atoms with van der Waals surface area (Å²) in [6.45, 7) is 0. The Morgan fingerprint density at radius 3 is 2.88 bits per heavy atom. The summed E-state index contributed by atoms with van der Waals surface area (Å²) < 4.78 is 24.0. The minimum absolute atomic E-state index is 0.0309. The Labute approximate surface area is 139 Å². The Morgan fingerprint density at radius 2 is 2.00 bits per heavy atom. The molecule has 1 aromatic heterocycles. The van der Waals surface area contributed by atoms with Crippen molar-refractivity contribution in [3.63, 3.8) is 0 Å². The zero-order valence-electron chi connectivity index (χ0n) is 12.7. The number of aromatic nitrogens is 1. The summed E-state index contributed by atoms with van der Waals surface area (Å²) in [6.07, 6.45) is -0.807. The first kappa shape index (κ1) is 16.0. The molecule has 1 aromatic carbocycles. The average molecular weight is 326 g/mol. The van der Waals surface area contributed by atoms with Crippen molar-refractivity contribution in [1.82, 2.24) is 4.98 Å². The maximum Gasteiger partial charge on any atom is 0.660 e. The van der Waals surface area contributed by atoms with E-state index in [4.69, 9.17) is 9.31 Å². The fraction of sp³-hybridized carbons (Fsp3) is 0.176. The highest BCUT2D eigenvalue weighted by molar-refractivity contribution is 6.24. The zero-order chi connectivity index (χ0) is 16.9. The summed E-state index contributed by atoms with van der Waals surface area (Å²) in [7, 11) is 0.863. The van der Waals surface area contributed by atoms with E-state index in [1.807, 2.05) is 12.1 Å². The van der Waals surface area contributed by atoms with E-state index < -0.39 is 17.9 Å². The number of rotatable bonds is 0. The van der Waals surface area contributed by atoms with E-state index in [1.54, 1.807) is 30.3 Å². The first-order chi connectivity index (χ1) is 11.6. The molecule has 0 fully saturated rings. The van der Waals surface area contributed by atoms with Crippen LogP contribution in [0.3, 0.4) is 0 Å². The van der Waals surface area contributed by atoms with Gasteiger partial charge in [-0.1, -0.05) is 18.2 Å². The normalized spacial score (nSPS) is 18.1. The highest BCUT2D eigenvalue weighted by atomic mass is 19.1. The van der Waals surface area contributed by atoms with Crippen LogP contribution in [0.4, 0.5) is 4.39 Å². The molecule has 121 valence electrons. The van der Waals surface area contributed by atoms with Crippen LogP contribution < -0.4 is 4.65 Å². The van der Waals surface area contributed by atoms with Gasteiger partial charge in [-0.3, -0.25) is 4.98 Å². The van der Waals surface area contributed by atoms with Crippen molar-refractivity contribution in [2.24, 2.45) is 0 Å². The zero-order valence-corrected chi connectivity index (χ0v) is 12.7. The summed E-state index contributed by atoms with van der Waals surface area (Å²) in [5, 5.41) is 9.66. The van der Waals surface area contributed by atoms with Crippen molar-refractivity contribution in [3.8, 4) is 17.0 Å². The number of halogens is 1. The number of aliphatic hydroxyl groups excluding tert-OH is 1. The van der Waals surface area contributed by atoms with E-state index >= 15 is 0 Å². The topological polar surface area (TPSA) is 68.7 Å². The number of carbonyl (C=O) groups excluding carboxylic acids is 1. The number of hydrogen-bond donors (Lipinski definition) is 1. The van der Waals surface area contributed by atoms with E-state index in [9.17, 15) is 14.3 Å². The molecule has 7 heteroatoms. The fourth-order valence-electron chi connectivity index (χ4n) is 2.36. The quantitative estimate of drug-likeness (QED) is 0.754. The molecule has 0 spiro atoms. The molecule has 0 saturated carbocycles.